The molecule has 0 radical (unpaired) electrons. The van der Waals surface area contributed by atoms with Crippen molar-refractivity contribution in [1.29, 1.82) is 0 Å². The van der Waals surface area contributed by atoms with Gasteiger partial charge in [-0.1, -0.05) is 6.07 Å². The van der Waals surface area contributed by atoms with Gasteiger partial charge in [0.1, 0.15) is 4.21 Å². The first-order valence-electron chi connectivity index (χ1n) is 6.04. The summed E-state index contributed by atoms with van der Waals surface area (Å²) in [7, 11) is -3.53. The molecule has 2 N–H and O–H groups in total. The van der Waals surface area contributed by atoms with Gasteiger partial charge >= 0.3 is 0 Å². The predicted molar refractivity (Wildman–Crippen MR) is 78.5 cm³/mol. The molecule has 1 aromatic heterocycles. The van der Waals surface area contributed by atoms with Gasteiger partial charge in [0.05, 0.1) is 0 Å². The zero-order valence-corrected chi connectivity index (χ0v) is 12.1. The number of hydrogen-bond acceptors (Lipinski definition) is 4. The Bertz CT molecular complexity index is 752. The summed E-state index contributed by atoms with van der Waals surface area (Å²) < 4.78 is 27.1. The Labute approximate surface area is 120 Å². The lowest BCUT2D eigenvalue weighted by Gasteiger charge is -2.17. The summed E-state index contributed by atoms with van der Waals surface area (Å²) in [5.74, 6) is -0.00980. The van der Waals surface area contributed by atoms with Crippen LogP contribution in [0.4, 0.5) is 11.4 Å². The molecular formula is C13H12N2O3S2. The third-order valence-electron chi connectivity index (χ3n) is 3.01. The van der Waals surface area contributed by atoms with E-state index in [0.717, 1.165) is 11.3 Å². The van der Waals surface area contributed by atoms with Crippen LogP contribution in [0.1, 0.15) is 12.0 Å². The van der Waals surface area contributed by atoms with Crippen molar-refractivity contribution >= 4 is 38.6 Å². The molecule has 0 saturated heterocycles. The van der Waals surface area contributed by atoms with E-state index in [4.69, 9.17) is 0 Å². The van der Waals surface area contributed by atoms with E-state index in [-0.39, 0.29) is 10.1 Å². The number of hydrogen-bond donors (Lipinski definition) is 2. The molecule has 1 aliphatic heterocycles. The molecule has 3 rings (SSSR count). The summed E-state index contributed by atoms with van der Waals surface area (Å²) in [5, 5.41) is 4.48. The maximum atomic E-state index is 12.1. The fourth-order valence-corrected chi connectivity index (χ4v) is 4.11. The largest absolute Gasteiger partial charge is 0.326 e. The molecule has 0 atom stereocenters. The van der Waals surface area contributed by atoms with E-state index in [0.29, 0.717) is 18.5 Å². The van der Waals surface area contributed by atoms with E-state index in [9.17, 15) is 13.2 Å². The van der Waals surface area contributed by atoms with Crippen LogP contribution in [0.5, 0.6) is 0 Å². The van der Waals surface area contributed by atoms with Gasteiger partial charge < -0.3 is 5.32 Å². The molecule has 1 aromatic carbocycles. The molecule has 0 fully saturated rings. The number of thiophene rings is 1. The van der Waals surface area contributed by atoms with Crippen LogP contribution in [-0.2, 0) is 21.2 Å². The summed E-state index contributed by atoms with van der Waals surface area (Å²) in [6.45, 7) is 0. The van der Waals surface area contributed by atoms with Crippen molar-refractivity contribution < 1.29 is 13.2 Å². The minimum Gasteiger partial charge on any atom is -0.326 e. The Hall–Kier alpha value is -1.86. The second-order valence-corrected chi connectivity index (χ2v) is 7.31. The number of sulfonamides is 1. The number of carbonyl (C=O) groups is 1. The third kappa shape index (κ3) is 2.54. The maximum Gasteiger partial charge on any atom is 0.271 e. The molecule has 0 bridgehead atoms. The Kier molecular flexibility index (Phi) is 3.23. The van der Waals surface area contributed by atoms with Crippen LogP contribution in [0.3, 0.4) is 0 Å². The summed E-state index contributed by atoms with van der Waals surface area (Å²) in [4.78, 5) is 11.3. The topological polar surface area (TPSA) is 75.3 Å². The van der Waals surface area contributed by atoms with Crippen LogP contribution in [0, 0.1) is 0 Å². The van der Waals surface area contributed by atoms with Crippen LogP contribution in [0.25, 0.3) is 0 Å². The van der Waals surface area contributed by atoms with Gasteiger partial charge in [-0.15, -0.1) is 11.3 Å². The van der Waals surface area contributed by atoms with Gasteiger partial charge in [-0.25, -0.2) is 8.42 Å². The highest BCUT2D eigenvalue weighted by atomic mass is 32.2. The van der Waals surface area contributed by atoms with Crippen LogP contribution < -0.4 is 10.0 Å². The average Bonchev–Trinajstić information content (AvgIpc) is 2.93. The van der Waals surface area contributed by atoms with Gasteiger partial charge in [0.2, 0.25) is 5.91 Å². The molecule has 0 aliphatic carbocycles. The molecule has 7 heteroatoms. The van der Waals surface area contributed by atoms with Crippen LogP contribution in [0.2, 0.25) is 0 Å². The van der Waals surface area contributed by atoms with E-state index < -0.39 is 10.0 Å². The number of fused-ring (bicyclic) bond motifs is 1. The van der Waals surface area contributed by atoms with Crippen molar-refractivity contribution in [2.24, 2.45) is 0 Å². The van der Waals surface area contributed by atoms with Crippen molar-refractivity contribution in [3.05, 3.63) is 41.3 Å². The first kappa shape index (κ1) is 13.1. The second-order valence-electron chi connectivity index (χ2n) is 4.46. The SMILES string of the molecule is O=C1CCc2cc(NS(=O)(=O)c3cccs3)ccc2N1. The zero-order valence-electron chi connectivity index (χ0n) is 10.4. The lowest BCUT2D eigenvalue weighted by atomic mass is 10.0. The third-order valence-corrected chi connectivity index (χ3v) is 5.79. The number of amides is 1. The fraction of sp³-hybridized carbons (Fsp3) is 0.154. The van der Waals surface area contributed by atoms with Gasteiger partial charge in [0.25, 0.3) is 10.0 Å². The molecule has 5 nitrogen and oxygen atoms in total. The Morgan fingerprint density at radius 1 is 1.20 bits per heavy atom. The molecular weight excluding hydrogens is 296 g/mol. The van der Waals surface area contributed by atoms with Crippen molar-refractivity contribution in [2.45, 2.75) is 17.1 Å². The first-order valence-corrected chi connectivity index (χ1v) is 8.40. The summed E-state index contributed by atoms with van der Waals surface area (Å²) in [6, 6.07) is 8.39. The number of rotatable bonds is 3. The smallest absolute Gasteiger partial charge is 0.271 e. The van der Waals surface area contributed by atoms with E-state index in [2.05, 4.69) is 10.0 Å². The highest BCUT2D eigenvalue weighted by Gasteiger charge is 2.18. The normalized spacial score (nSPS) is 14.5. The van der Waals surface area contributed by atoms with Gasteiger partial charge in [-0.2, -0.15) is 0 Å². The summed E-state index contributed by atoms with van der Waals surface area (Å²) >= 11 is 1.17. The number of anilines is 2. The molecule has 1 amide bonds. The fourth-order valence-electron chi connectivity index (χ4n) is 2.07. The number of carbonyl (C=O) groups excluding carboxylic acids is 1. The monoisotopic (exact) mass is 308 g/mol. The Morgan fingerprint density at radius 2 is 2.05 bits per heavy atom. The van der Waals surface area contributed by atoms with Gasteiger partial charge in [-0.05, 0) is 41.6 Å². The quantitative estimate of drug-likeness (QED) is 0.914. The molecule has 2 heterocycles. The van der Waals surface area contributed by atoms with Crippen molar-refractivity contribution in [2.75, 3.05) is 10.0 Å². The average molecular weight is 308 g/mol. The number of benzene rings is 1. The summed E-state index contributed by atoms with van der Waals surface area (Å²) in [5.41, 5.74) is 2.20. The van der Waals surface area contributed by atoms with Gasteiger partial charge in [-0.3, -0.25) is 9.52 Å². The standard InChI is InChI=1S/C13H12N2O3S2/c16-12-6-3-9-8-10(4-5-11(9)14-12)15-20(17,18)13-2-1-7-19-13/h1-2,4-5,7-8,15H,3,6H2,(H,14,16). The van der Waals surface area contributed by atoms with Crippen molar-refractivity contribution in [3.63, 3.8) is 0 Å². The lowest BCUT2D eigenvalue weighted by Crippen LogP contribution is -2.19. The molecule has 2 aromatic rings. The van der Waals surface area contributed by atoms with Crippen LogP contribution >= 0.6 is 11.3 Å². The van der Waals surface area contributed by atoms with Crippen molar-refractivity contribution in [1.82, 2.24) is 0 Å². The molecule has 20 heavy (non-hydrogen) atoms. The first-order chi connectivity index (χ1) is 9.54. The Morgan fingerprint density at radius 3 is 2.80 bits per heavy atom. The molecule has 0 unspecified atom stereocenters. The van der Waals surface area contributed by atoms with Crippen molar-refractivity contribution in [3.8, 4) is 0 Å². The molecule has 0 saturated carbocycles. The Balaban J connectivity index is 1.88. The number of aryl methyl sites for hydroxylation is 1. The highest BCUT2D eigenvalue weighted by molar-refractivity contribution is 7.94. The molecule has 104 valence electrons. The minimum atomic E-state index is -3.53. The minimum absolute atomic E-state index is 0.00980. The van der Waals surface area contributed by atoms with Gasteiger partial charge in [0.15, 0.2) is 0 Å². The maximum absolute atomic E-state index is 12.1. The van der Waals surface area contributed by atoms with E-state index in [1.807, 2.05) is 0 Å². The van der Waals surface area contributed by atoms with Crippen LogP contribution in [-0.4, -0.2) is 14.3 Å². The molecule has 0 spiro atoms. The molecule has 1 aliphatic rings. The number of nitrogens with one attached hydrogen (secondary N) is 2. The highest BCUT2D eigenvalue weighted by Crippen LogP contribution is 2.27. The van der Waals surface area contributed by atoms with E-state index in [1.165, 1.54) is 11.3 Å². The van der Waals surface area contributed by atoms with E-state index >= 15 is 0 Å². The predicted octanol–water partition coefficient (Wildman–Crippen LogP) is 2.43. The summed E-state index contributed by atoms with van der Waals surface area (Å²) in [6.07, 6.45) is 1.05. The van der Waals surface area contributed by atoms with Crippen LogP contribution in [0.15, 0.2) is 39.9 Å². The zero-order chi connectivity index (χ0) is 14.2. The lowest BCUT2D eigenvalue weighted by molar-refractivity contribution is -0.116. The van der Waals surface area contributed by atoms with E-state index in [1.54, 1.807) is 35.7 Å². The van der Waals surface area contributed by atoms with Gasteiger partial charge in [0, 0.05) is 17.8 Å². The second kappa shape index (κ2) is 4.92.